The maximum atomic E-state index is 14.4. The molecule has 1 aromatic heterocycles. The number of hydrogen-bond donors (Lipinski definition) is 2. The number of morpholine rings is 1. The summed E-state index contributed by atoms with van der Waals surface area (Å²) >= 11 is 0. The van der Waals surface area contributed by atoms with Crippen molar-refractivity contribution < 1.29 is 18.3 Å². The molecular weight excluding hydrogens is 366 g/mol. The van der Waals surface area contributed by atoms with Crippen LogP contribution in [-0.2, 0) is 4.74 Å². The van der Waals surface area contributed by atoms with Gasteiger partial charge in [0.1, 0.15) is 11.6 Å². The minimum absolute atomic E-state index is 0.0760. The number of rotatable bonds is 4. The van der Waals surface area contributed by atoms with Crippen LogP contribution in [0.5, 0.6) is 0 Å². The van der Waals surface area contributed by atoms with Gasteiger partial charge in [-0.3, -0.25) is 4.79 Å². The first-order valence-corrected chi connectivity index (χ1v) is 8.84. The van der Waals surface area contributed by atoms with Crippen LogP contribution in [0.15, 0.2) is 54.9 Å². The average Bonchev–Trinajstić information content (AvgIpc) is 3.21. The van der Waals surface area contributed by atoms with Gasteiger partial charge < -0.3 is 15.4 Å². The molecule has 6 nitrogen and oxygen atoms in total. The summed E-state index contributed by atoms with van der Waals surface area (Å²) in [7, 11) is 0. The second-order valence-corrected chi connectivity index (χ2v) is 6.41. The summed E-state index contributed by atoms with van der Waals surface area (Å²) in [4.78, 5) is 12.4. The van der Waals surface area contributed by atoms with Gasteiger partial charge in [0.25, 0.3) is 5.91 Å². The van der Waals surface area contributed by atoms with Crippen LogP contribution in [0.1, 0.15) is 22.0 Å². The lowest BCUT2D eigenvalue weighted by Gasteiger charge is -2.24. The molecule has 0 radical (unpaired) electrons. The minimum Gasteiger partial charge on any atom is -0.371 e. The summed E-state index contributed by atoms with van der Waals surface area (Å²) in [5, 5.41) is 9.83. The molecule has 8 heteroatoms. The topological polar surface area (TPSA) is 68.2 Å². The molecule has 1 atom stereocenters. The molecule has 0 spiro atoms. The number of carbonyl (C=O) groups is 1. The van der Waals surface area contributed by atoms with Crippen molar-refractivity contribution in [1.82, 2.24) is 15.1 Å². The zero-order valence-electron chi connectivity index (χ0n) is 14.9. The van der Waals surface area contributed by atoms with E-state index in [4.69, 9.17) is 4.74 Å². The van der Waals surface area contributed by atoms with Crippen molar-refractivity contribution in [2.24, 2.45) is 0 Å². The van der Waals surface area contributed by atoms with Gasteiger partial charge in [0, 0.05) is 19.3 Å². The number of nitrogens with zero attached hydrogens (tertiary/aromatic N) is 2. The summed E-state index contributed by atoms with van der Waals surface area (Å²) in [6.07, 6.45) is 2.66. The quantitative estimate of drug-likeness (QED) is 0.726. The number of halogens is 2. The molecule has 0 unspecified atom stereocenters. The molecule has 0 aliphatic carbocycles. The molecule has 2 N–H and O–H groups in total. The highest BCUT2D eigenvalue weighted by atomic mass is 19.1. The zero-order chi connectivity index (χ0) is 19.5. The molecule has 144 valence electrons. The van der Waals surface area contributed by atoms with E-state index < -0.39 is 11.7 Å². The van der Waals surface area contributed by atoms with E-state index in [1.165, 1.54) is 41.3 Å². The summed E-state index contributed by atoms with van der Waals surface area (Å²) < 4.78 is 34.5. The monoisotopic (exact) mass is 384 g/mol. The third kappa shape index (κ3) is 3.92. The smallest absolute Gasteiger partial charge is 0.258 e. The number of hydrogen-bond acceptors (Lipinski definition) is 4. The second-order valence-electron chi connectivity index (χ2n) is 6.41. The second kappa shape index (κ2) is 7.87. The molecule has 4 rings (SSSR count). The van der Waals surface area contributed by atoms with Crippen molar-refractivity contribution in [3.63, 3.8) is 0 Å². The van der Waals surface area contributed by atoms with E-state index in [0.717, 1.165) is 6.54 Å². The first-order valence-electron chi connectivity index (χ1n) is 8.84. The molecule has 3 aromatic rings. The van der Waals surface area contributed by atoms with Gasteiger partial charge >= 0.3 is 0 Å². The zero-order valence-corrected chi connectivity index (χ0v) is 14.9. The number of ether oxygens (including phenoxy) is 1. The van der Waals surface area contributed by atoms with E-state index >= 15 is 0 Å². The number of anilines is 1. The maximum absolute atomic E-state index is 14.4. The molecule has 0 saturated carbocycles. The standard InChI is InChI=1S/C20H18F2N4O2/c21-15-2-4-16(5-3-15)26-12-14(10-24-26)20(27)25-18-6-1-13(9-17(18)22)19-11-23-7-8-28-19/h1-6,9-10,12,19,23H,7-8,11H2,(H,25,27)/t19-/m0/s1. The third-order valence-electron chi connectivity index (χ3n) is 4.48. The Balaban J connectivity index is 1.47. The Bertz CT molecular complexity index is 982. The molecule has 2 heterocycles. The van der Waals surface area contributed by atoms with E-state index in [2.05, 4.69) is 15.7 Å². The van der Waals surface area contributed by atoms with Gasteiger partial charge in [-0.25, -0.2) is 13.5 Å². The number of aromatic nitrogens is 2. The SMILES string of the molecule is O=C(Nc1ccc([C@@H]2CNCCO2)cc1F)c1cnn(-c2ccc(F)cc2)c1. The molecule has 0 bridgehead atoms. The van der Waals surface area contributed by atoms with Crippen LogP contribution < -0.4 is 10.6 Å². The first kappa shape index (κ1) is 18.3. The van der Waals surface area contributed by atoms with Crippen LogP contribution in [0.3, 0.4) is 0 Å². The molecule has 1 amide bonds. The molecule has 2 aromatic carbocycles. The van der Waals surface area contributed by atoms with Gasteiger partial charge in [-0.2, -0.15) is 5.10 Å². The van der Waals surface area contributed by atoms with Gasteiger partial charge in [-0.05, 0) is 42.0 Å². The fourth-order valence-corrected chi connectivity index (χ4v) is 2.98. The predicted molar refractivity (Wildman–Crippen MR) is 99.4 cm³/mol. The van der Waals surface area contributed by atoms with Crippen molar-refractivity contribution in [1.29, 1.82) is 0 Å². The van der Waals surface area contributed by atoms with Gasteiger partial charge in [0.05, 0.1) is 35.8 Å². The first-order chi connectivity index (χ1) is 13.6. The van der Waals surface area contributed by atoms with E-state index in [9.17, 15) is 13.6 Å². The summed E-state index contributed by atoms with van der Waals surface area (Å²) in [6, 6.07) is 10.3. The normalized spacial score (nSPS) is 16.7. The van der Waals surface area contributed by atoms with Crippen molar-refractivity contribution in [3.8, 4) is 5.69 Å². The average molecular weight is 384 g/mol. The van der Waals surface area contributed by atoms with E-state index in [1.807, 2.05) is 0 Å². The number of benzene rings is 2. The van der Waals surface area contributed by atoms with Crippen LogP contribution in [0.4, 0.5) is 14.5 Å². The lowest BCUT2D eigenvalue weighted by atomic mass is 10.1. The van der Waals surface area contributed by atoms with Gasteiger partial charge in [-0.15, -0.1) is 0 Å². The van der Waals surface area contributed by atoms with E-state index in [-0.39, 0.29) is 23.2 Å². The van der Waals surface area contributed by atoms with Crippen LogP contribution in [-0.4, -0.2) is 35.4 Å². The minimum atomic E-state index is -0.536. The summed E-state index contributed by atoms with van der Waals surface area (Å²) in [5.74, 6) is -1.39. The molecule has 1 aliphatic rings. The summed E-state index contributed by atoms with van der Waals surface area (Å²) in [6.45, 7) is 1.97. The number of carbonyl (C=O) groups excluding carboxylic acids is 1. The fourth-order valence-electron chi connectivity index (χ4n) is 2.98. The van der Waals surface area contributed by atoms with Crippen molar-refractivity contribution in [2.45, 2.75) is 6.10 Å². The Morgan fingerprint density at radius 1 is 1.21 bits per heavy atom. The van der Waals surface area contributed by atoms with E-state index in [1.54, 1.807) is 18.2 Å². The molecule has 1 saturated heterocycles. The highest BCUT2D eigenvalue weighted by Crippen LogP contribution is 2.24. The predicted octanol–water partition coefficient (Wildman–Crippen LogP) is 3.06. The molecule has 28 heavy (non-hydrogen) atoms. The maximum Gasteiger partial charge on any atom is 0.258 e. The fraction of sp³-hybridized carbons (Fsp3) is 0.200. The number of amides is 1. The Kier molecular flexibility index (Phi) is 5.14. The van der Waals surface area contributed by atoms with Gasteiger partial charge in [-0.1, -0.05) is 6.07 Å². The van der Waals surface area contributed by atoms with Crippen LogP contribution in [0.25, 0.3) is 5.69 Å². The van der Waals surface area contributed by atoms with Crippen LogP contribution >= 0.6 is 0 Å². The van der Waals surface area contributed by atoms with Crippen LogP contribution in [0.2, 0.25) is 0 Å². The van der Waals surface area contributed by atoms with Gasteiger partial charge in [0.2, 0.25) is 0 Å². The van der Waals surface area contributed by atoms with Gasteiger partial charge in [0.15, 0.2) is 0 Å². The van der Waals surface area contributed by atoms with Crippen LogP contribution in [0, 0.1) is 11.6 Å². The molecule has 1 aliphatic heterocycles. The highest BCUT2D eigenvalue weighted by molar-refractivity contribution is 6.04. The number of nitrogens with one attached hydrogen (secondary N) is 2. The Morgan fingerprint density at radius 3 is 2.75 bits per heavy atom. The van der Waals surface area contributed by atoms with Crippen molar-refractivity contribution >= 4 is 11.6 Å². The largest absolute Gasteiger partial charge is 0.371 e. The lowest BCUT2D eigenvalue weighted by molar-refractivity contribution is 0.0275. The lowest BCUT2D eigenvalue weighted by Crippen LogP contribution is -2.33. The van der Waals surface area contributed by atoms with Crippen molar-refractivity contribution in [2.75, 3.05) is 25.0 Å². The molecular formula is C20H18F2N4O2. The highest BCUT2D eigenvalue weighted by Gasteiger charge is 2.18. The Hall–Kier alpha value is -3.10. The third-order valence-corrected chi connectivity index (χ3v) is 4.48. The summed E-state index contributed by atoms with van der Waals surface area (Å²) in [5.41, 5.74) is 1.66. The van der Waals surface area contributed by atoms with E-state index in [0.29, 0.717) is 24.4 Å². The molecule has 1 fully saturated rings. The van der Waals surface area contributed by atoms with Crippen molar-refractivity contribution in [3.05, 3.63) is 77.6 Å². The Morgan fingerprint density at radius 2 is 2.04 bits per heavy atom. The Labute approximate surface area is 160 Å².